The number of para-hydroxylation sites is 2. The van der Waals surface area contributed by atoms with E-state index >= 15 is 0 Å². The number of anilines is 2. The van der Waals surface area contributed by atoms with E-state index < -0.39 is 29.3 Å². The average Bonchev–Trinajstić information content (AvgIpc) is 3.18. The highest BCUT2D eigenvalue weighted by Crippen LogP contribution is 2.36. The number of hydrogen-bond acceptors (Lipinski definition) is 8. The second kappa shape index (κ2) is 9.77. The van der Waals surface area contributed by atoms with Crippen LogP contribution in [0.25, 0.3) is 0 Å². The molecular weight excluding hydrogens is 422 g/mol. The van der Waals surface area contributed by atoms with E-state index in [0.717, 1.165) is 0 Å². The van der Waals surface area contributed by atoms with Crippen molar-refractivity contribution in [3.63, 3.8) is 0 Å². The number of carbonyl (C=O) groups excluding carboxylic acids is 3. The van der Waals surface area contributed by atoms with Gasteiger partial charge in [0.25, 0.3) is 11.6 Å². The summed E-state index contributed by atoms with van der Waals surface area (Å²) in [6, 6.07) is 10.6. The lowest BCUT2D eigenvalue weighted by molar-refractivity contribution is -0.384. The first kappa shape index (κ1) is 22.5. The minimum atomic E-state index is -0.790. The number of esters is 1. The number of ether oxygens (including phenoxy) is 3. The van der Waals surface area contributed by atoms with Gasteiger partial charge in [-0.2, -0.15) is 0 Å². The van der Waals surface area contributed by atoms with Crippen LogP contribution in [-0.4, -0.2) is 50.1 Å². The summed E-state index contributed by atoms with van der Waals surface area (Å²) in [5.41, 5.74) is 0.560. The lowest BCUT2D eigenvalue weighted by atomic mass is 10.1. The summed E-state index contributed by atoms with van der Waals surface area (Å²) in [6.07, 6.45) is -0.118. The van der Waals surface area contributed by atoms with Crippen LogP contribution in [-0.2, 0) is 19.1 Å². The van der Waals surface area contributed by atoms with Crippen LogP contribution in [0.15, 0.2) is 42.5 Å². The number of methoxy groups -OCH3 is 2. The number of carbonyl (C=O) groups is 3. The number of amides is 2. The van der Waals surface area contributed by atoms with Crippen molar-refractivity contribution in [2.75, 3.05) is 37.6 Å². The Labute approximate surface area is 183 Å². The molecular formula is C21H21N3O8. The van der Waals surface area contributed by atoms with Gasteiger partial charge in [-0.05, 0) is 18.2 Å². The maximum Gasteiger partial charge on any atom is 0.311 e. The summed E-state index contributed by atoms with van der Waals surface area (Å²) in [7, 11) is 2.79. The van der Waals surface area contributed by atoms with E-state index in [2.05, 4.69) is 5.32 Å². The van der Waals surface area contributed by atoms with Gasteiger partial charge < -0.3 is 24.4 Å². The van der Waals surface area contributed by atoms with Gasteiger partial charge in [-0.25, -0.2) is 0 Å². The number of hydrogen-bond donors (Lipinski definition) is 1. The predicted molar refractivity (Wildman–Crippen MR) is 113 cm³/mol. The van der Waals surface area contributed by atoms with Gasteiger partial charge in [0.2, 0.25) is 5.91 Å². The van der Waals surface area contributed by atoms with E-state index in [4.69, 9.17) is 14.2 Å². The number of nitrogens with one attached hydrogen (secondary N) is 1. The van der Waals surface area contributed by atoms with E-state index in [-0.39, 0.29) is 30.3 Å². The molecule has 0 radical (unpaired) electrons. The normalized spacial score (nSPS) is 15.2. The number of nitro benzene ring substituents is 1. The number of rotatable bonds is 8. The molecule has 0 aromatic heterocycles. The Morgan fingerprint density at radius 3 is 2.56 bits per heavy atom. The highest BCUT2D eigenvalue weighted by atomic mass is 16.6. The van der Waals surface area contributed by atoms with Crippen molar-refractivity contribution in [3.8, 4) is 11.5 Å². The Morgan fingerprint density at radius 1 is 1.16 bits per heavy atom. The average molecular weight is 443 g/mol. The van der Waals surface area contributed by atoms with E-state index in [1.54, 1.807) is 24.3 Å². The molecule has 2 aromatic rings. The molecule has 0 bridgehead atoms. The van der Waals surface area contributed by atoms with Crippen molar-refractivity contribution in [2.24, 2.45) is 5.92 Å². The zero-order valence-electron chi connectivity index (χ0n) is 17.4. The molecule has 32 heavy (non-hydrogen) atoms. The number of nitrogens with zero attached hydrogens (tertiary/aromatic N) is 2. The van der Waals surface area contributed by atoms with Crippen LogP contribution in [0.1, 0.15) is 6.42 Å². The maximum absolute atomic E-state index is 12.5. The summed E-state index contributed by atoms with van der Waals surface area (Å²) in [4.78, 5) is 48.7. The van der Waals surface area contributed by atoms with Gasteiger partial charge in [0.1, 0.15) is 11.5 Å². The van der Waals surface area contributed by atoms with Crippen LogP contribution < -0.4 is 19.7 Å². The summed E-state index contributed by atoms with van der Waals surface area (Å²) in [5, 5.41) is 13.5. The van der Waals surface area contributed by atoms with Crippen LogP contribution in [0, 0.1) is 16.0 Å². The van der Waals surface area contributed by atoms with Gasteiger partial charge in [-0.15, -0.1) is 0 Å². The SMILES string of the molecule is COc1ccccc1NC(=O)COC(=O)[C@H]1CC(=O)N(c2ccc([N+](=O)[O-])cc2OC)C1. The second-order valence-electron chi connectivity index (χ2n) is 6.87. The number of nitro groups is 1. The molecule has 168 valence electrons. The fourth-order valence-electron chi connectivity index (χ4n) is 3.29. The quantitative estimate of drug-likeness (QED) is 0.372. The second-order valence-corrected chi connectivity index (χ2v) is 6.87. The summed E-state index contributed by atoms with van der Waals surface area (Å²) in [6.45, 7) is -0.525. The highest BCUT2D eigenvalue weighted by molar-refractivity contribution is 6.01. The molecule has 0 aliphatic carbocycles. The van der Waals surface area contributed by atoms with E-state index in [9.17, 15) is 24.5 Å². The summed E-state index contributed by atoms with van der Waals surface area (Å²) >= 11 is 0. The van der Waals surface area contributed by atoms with Crippen LogP contribution in [0.3, 0.4) is 0 Å². The largest absolute Gasteiger partial charge is 0.495 e. The van der Waals surface area contributed by atoms with Gasteiger partial charge >= 0.3 is 5.97 Å². The molecule has 1 aliphatic rings. The number of benzene rings is 2. The van der Waals surface area contributed by atoms with Crippen molar-refractivity contribution in [1.82, 2.24) is 0 Å². The van der Waals surface area contributed by atoms with Crippen molar-refractivity contribution in [2.45, 2.75) is 6.42 Å². The molecule has 0 unspecified atom stereocenters. The van der Waals surface area contributed by atoms with Gasteiger partial charge in [0.05, 0.1) is 42.5 Å². The molecule has 3 rings (SSSR count). The third kappa shape index (κ3) is 4.94. The van der Waals surface area contributed by atoms with E-state index in [1.807, 2.05) is 0 Å². The topological polar surface area (TPSA) is 137 Å². The smallest absolute Gasteiger partial charge is 0.311 e. The summed E-state index contributed by atoms with van der Waals surface area (Å²) in [5.74, 6) is -1.81. The zero-order chi connectivity index (χ0) is 23.3. The van der Waals surface area contributed by atoms with Gasteiger partial charge in [0.15, 0.2) is 6.61 Å². The molecule has 0 saturated carbocycles. The Bertz CT molecular complexity index is 1060. The first-order valence-electron chi connectivity index (χ1n) is 9.56. The molecule has 2 aromatic carbocycles. The minimum Gasteiger partial charge on any atom is -0.495 e. The molecule has 11 nitrogen and oxygen atoms in total. The van der Waals surface area contributed by atoms with Crippen molar-refractivity contribution < 1.29 is 33.5 Å². The molecule has 1 saturated heterocycles. The molecule has 1 aliphatic heterocycles. The first-order valence-corrected chi connectivity index (χ1v) is 9.56. The molecule has 11 heteroatoms. The zero-order valence-corrected chi connectivity index (χ0v) is 17.4. The maximum atomic E-state index is 12.5. The van der Waals surface area contributed by atoms with Crippen LogP contribution in [0.4, 0.5) is 17.1 Å². The van der Waals surface area contributed by atoms with Gasteiger partial charge in [-0.1, -0.05) is 12.1 Å². The Balaban J connectivity index is 1.60. The van der Waals surface area contributed by atoms with E-state index in [0.29, 0.717) is 17.1 Å². The fraction of sp³-hybridized carbons (Fsp3) is 0.286. The lowest BCUT2D eigenvalue weighted by Crippen LogP contribution is -2.28. The highest BCUT2D eigenvalue weighted by Gasteiger charge is 2.37. The third-order valence-electron chi connectivity index (χ3n) is 4.85. The van der Waals surface area contributed by atoms with Crippen LogP contribution >= 0.6 is 0 Å². The van der Waals surface area contributed by atoms with E-state index in [1.165, 1.54) is 37.3 Å². The van der Waals surface area contributed by atoms with Gasteiger partial charge in [0, 0.05) is 19.0 Å². The Hall–Kier alpha value is -4.15. The monoisotopic (exact) mass is 443 g/mol. The van der Waals surface area contributed by atoms with Crippen LogP contribution in [0.2, 0.25) is 0 Å². The molecule has 2 amide bonds. The van der Waals surface area contributed by atoms with Crippen molar-refractivity contribution in [1.29, 1.82) is 0 Å². The molecule has 1 N–H and O–H groups in total. The lowest BCUT2D eigenvalue weighted by Gasteiger charge is -2.19. The van der Waals surface area contributed by atoms with Crippen molar-refractivity contribution >= 4 is 34.8 Å². The first-order chi connectivity index (χ1) is 15.3. The van der Waals surface area contributed by atoms with Crippen LogP contribution in [0.5, 0.6) is 11.5 Å². The molecule has 0 spiro atoms. The molecule has 1 heterocycles. The minimum absolute atomic E-state index is 0.0000349. The Morgan fingerprint density at radius 2 is 1.88 bits per heavy atom. The molecule has 1 atom stereocenters. The van der Waals surface area contributed by atoms with Crippen molar-refractivity contribution in [3.05, 3.63) is 52.6 Å². The third-order valence-corrected chi connectivity index (χ3v) is 4.85. The standard InChI is InChI=1S/C21H21N3O8/c1-30-17-6-4-3-5-15(17)22-19(25)12-32-21(27)13-9-20(26)23(11-13)16-8-7-14(24(28)29)10-18(16)31-2/h3-8,10,13H,9,11-12H2,1-2H3,(H,22,25)/t13-/m0/s1. The number of non-ortho nitro benzene ring substituents is 1. The fourth-order valence-corrected chi connectivity index (χ4v) is 3.29. The summed E-state index contributed by atoms with van der Waals surface area (Å²) < 4.78 is 15.4. The van der Waals surface area contributed by atoms with Gasteiger partial charge in [-0.3, -0.25) is 24.5 Å². The molecule has 1 fully saturated rings. The Kier molecular flexibility index (Phi) is 6.88. The predicted octanol–water partition coefficient (Wildman–Crippen LogP) is 2.15.